The molecule has 1 aliphatic rings. The highest BCUT2D eigenvalue weighted by Gasteiger charge is 2.28. The van der Waals surface area contributed by atoms with E-state index in [-0.39, 0.29) is 17.4 Å². The number of carbonyl (C=O) groups is 2. The Hall–Kier alpha value is -4.59. The van der Waals surface area contributed by atoms with Crippen molar-refractivity contribution in [3.8, 4) is 17.6 Å². The van der Waals surface area contributed by atoms with Crippen LogP contribution in [0.3, 0.4) is 0 Å². The minimum absolute atomic E-state index is 0.109. The number of anilines is 1. The zero-order valence-electron chi connectivity index (χ0n) is 19.5. The molecular formula is C26H22F3N5O3. The molecule has 2 amide bonds. The van der Waals surface area contributed by atoms with Gasteiger partial charge in [-0.1, -0.05) is 30.0 Å². The number of benzene rings is 2. The van der Waals surface area contributed by atoms with Gasteiger partial charge < -0.3 is 20.2 Å². The van der Waals surface area contributed by atoms with Gasteiger partial charge in [-0.2, -0.15) is 13.2 Å². The number of phenolic OH excluding ortho intramolecular Hbond substituents is 1. The third kappa shape index (κ3) is 6.76. The number of nitrogens with one attached hydrogen (secondary N) is 1. The number of aromatic nitrogens is 2. The van der Waals surface area contributed by atoms with E-state index >= 15 is 0 Å². The number of rotatable bonds is 4. The Balaban J connectivity index is 1.38. The van der Waals surface area contributed by atoms with E-state index in [9.17, 15) is 27.9 Å². The molecule has 11 heteroatoms. The molecule has 0 aliphatic carbocycles. The number of alkyl halides is 3. The summed E-state index contributed by atoms with van der Waals surface area (Å²) in [4.78, 5) is 28.6. The molecule has 1 fully saturated rings. The Kier molecular flexibility index (Phi) is 7.57. The fraction of sp³-hybridized carbons (Fsp3) is 0.231. The van der Waals surface area contributed by atoms with Gasteiger partial charge in [-0.3, -0.25) is 9.59 Å². The van der Waals surface area contributed by atoms with Gasteiger partial charge in [0.25, 0.3) is 11.8 Å². The molecule has 4 rings (SSSR count). The van der Waals surface area contributed by atoms with Gasteiger partial charge in [0.05, 0.1) is 5.56 Å². The van der Waals surface area contributed by atoms with Gasteiger partial charge in [0.1, 0.15) is 12.3 Å². The molecule has 0 bridgehead atoms. The fourth-order valence-corrected chi connectivity index (χ4v) is 3.70. The van der Waals surface area contributed by atoms with E-state index in [0.29, 0.717) is 48.7 Å². The maximum atomic E-state index is 13.2. The molecular weight excluding hydrogens is 487 g/mol. The Morgan fingerprint density at radius 2 is 1.70 bits per heavy atom. The zero-order valence-corrected chi connectivity index (χ0v) is 19.5. The van der Waals surface area contributed by atoms with Gasteiger partial charge in [0, 0.05) is 37.3 Å². The smallest absolute Gasteiger partial charge is 0.405 e. The molecule has 0 radical (unpaired) electrons. The summed E-state index contributed by atoms with van der Waals surface area (Å²) in [6, 6.07) is 16.4. The van der Waals surface area contributed by atoms with Crippen molar-refractivity contribution in [2.45, 2.75) is 6.18 Å². The molecule has 2 aromatic carbocycles. The number of halogens is 3. The van der Waals surface area contributed by atoms with E-state index in [0.717, 1.165) is 0 Å². The van der Waals surface area contributed by atoms with E-state index in [1.165, 1.54) is 12.1 Å². The van der Waals surface area contributed by atoms with Crippen LogP contribution in [0.5, 0.6) is 5.75 Å². The lowest BCUT2D eigenvalue weighted by Crippen LogP contribution is -2.49. The minimum Gasteiger partial charge on any atom is -0.508 e. The van der Waals surface area contributed by atoms with Crippen molar-refractivity contribution < 1.29 is 27.9 Å². The Morgan fingerprint density at radius 3 is 2.38 bits per heavy atom. The van der Waals surface area contributed by atoms with E-state index in [1.807, 2.05) is 4.90 Å². The van der Waals surface area contributed by atoms with Gasteiger partial charge >= 0.3 is 6.18 Å². The number of nitrogens with zero attached hydrogens (tertiary/aromatic N) is 4. The topological polar surface area (TPSA) is 98.7 Å². The quantitative estimate of drug-likeness (QED) is 0.525. The van der Waals surface area contributed by atoms with Crippen LogP contribution < -0.4 is 10.2 Å². The lowest BCUT2D eigenvalue weighted by molar-refractivity contribution is -0.123. The first-order valence-electron chi connectivity index (χ1n) is 11.3. The monoisotopic (exact) mass is 509 g/mol. The SMILES string of the molecule is O=C(NCC(F)(F)F)c1ccc(N2CCN(C(=O)c3ccccc3C#Cc3cccc(O)c3)CC2)nn1. The number of phenols is 1. The van der Waals surface area contributed by atoms with E-state index in [1.54, 1.807) is 58.7 Å². The first-order valence-corrected chi connectivity index (χ1v) is 11.3. The van der Waals surface area contributed by atoms with Crippen LogP contribution in [0, 0.1) is 11.8 Å². The highest BCUT2D eigenvalue weighted by molar-refractivity contribution is 5.97. The van der Waals surface area contributed by atoms with Crippen molar-refractivity contribution in [1.82, 2.24) is 20.4 Å². The summed E-state index contributed by atoms with van der Waals surface area (Å²) in [6.07, 6.45) is -4.51. The Labute approximate surface area is 210 Å². The van der Waals surface area contributed by atoms with Crippen molar-refractivity contribution in [3.63, 3.8) is 0 Å². The first-order chi connectivity index (χ1) is 17.7. The van der Waals surface area contributed by atoms with Gasteiger partial charge in [0.2, 0.25) is 0 Å². The van der Waals surface area contributed by atoms with Crippen LogP contribution >= 0.6 is 0 Å². The third-order valence-electron chi connectivity index (χ3n) is 5.57. The van der Waals surface area contributed by atoms with Crippen molar-refractivity contribution >= 4 is 17.6 Å². The molecule has 0 saturated carbocycles. The molecule has 2 heterocycles. The maximum absolute atomic E-state index is 13.2. The van der Waals surface area contributed by atoms with Crippen molar-refractivity contribution in [3.05, 3.63) is 83.0 Å². The summed E-state index contributed by atoms with van der Waals surface area (Å²) >= 11 is 0. The Morgan fingerprint density at radius 1 is 0.946 bits per heavy atom. The average molecular weight is 509 g/mol. The Bertz CT molecular complexity index is 1340. The summed E-state index contributed by atoms with van der Waals surface area (Å²) in [5.74, 6) is 5.42. The van der Waals surface area contributed by atoms with Crippen LogP contribution in [-0.2, 0) is 0 Å². The van der Waals surface area contributed by atoms with Gasteiger partial charge in [-0.25, -0.2) is 0 Å². The maximum Gasteiger partial charge on any atom is 0.405 e. The second kappa shape index (κ2) is 11.0. The van der Waals surface area contributed by atoms with Crippen LogP contribution in [-0.4, -0.2) is 70.9 Å². The second-order valence-corrected chi connectivity index (χ2v) is 8.20. The first kappa shape index (κ1) is 25.5. The van der Waals surface area contributed by atoms with Gasteiger partial charge in [0.15, 0.2) is 11.5 Å². The van der Waals surface area contributed by atoms with Crippen LogP contribution in [0.4, 0.5) is 19.0 Å². The van der Waals surface area contributed by atoms with Crippen LogP contribution in [0.2, 0.25) is 0 Å². The highest BCUT2D eigenvalue weighted by Crippen LogP contribution is 2.18. The number of amides is 2. The predicted molar refractivity (Wildman–Crippen MR) is 129 cm³/mol. The second-order valence-electron chi connectivity index (χ2n) is 8.20. The summed E-state index contributed by atoms with van der Waals surface area (Å²) in [6.45, 7) is 0.273. The number of carbonyl (C=O) groups excluding carboxylic acids is 2. The molecule has 190 valence electrons. The standard InChI is InChI=1S/C26H22F3N5O3/c27-26(28,29)17-30-24(36)22-10-11-23(32-31-22)33-12-14-34(15-13-33)25(37)21-7-2-1-5-19(21)9-8-18-4-3-6-20(35)16-18/h1-7,10-11,16,35H,12-15,17H2,(H,30,36). The van der Waals surface area contributed by atoms with Crippen molar-refractivity contribution in [1.29, 1.82) is 0 Å². The molecule has 2 N–H and O–H groups in total. The van der Waals surface area contributed by atoms with E-state index in [2.05, 4.69) is 22.0 Å². The van der Waals surface area contributed by atoms with Crippen LogP contribution in [0.15, 0.2) is 60.7 Å². The van der Waals surface area contributed by atoms with Crippen molar-refractivity contribution in [2.75, 3.05) is 37.6 Å². The lowest BCUT2D eigenvalue weighted by atomic mass is 10.1. The number of hydrogen-bond acceptors (Lipinski definition) is 6. The summed E-state index contributed by atoms with van der Waals surface area (Å²) in [7, 11) is 0. The number of aromatic hydroxyl groups is 1. The molecule has 1 saturated heterocycles. The number of hydrogen-bond donors (Lipinski definition) is 2. The predicted octanol–water partition coefficient (Wildman–Crippen LogP) is 2.84. The summed E-state index contributed by atoms with van der Waals surface area (Å²) in [5.41, 5.74) is 1.45. The van der Waals surface area contributed by atoms with Crippen LogP contribution in [0.25, 0.3) is 0 Å². The van der Waals surface area contributed by atoms with Gasteiger partial charge in [-0.05, 0) is 42.5 Å². The van der Waals surface area contributed by atoms with Crippen molar-refractivity contribution in [2.24, 2.45) is 0 Å². The molecule has 0 atom stereocenters. The summed E-state index contributed by atoms with van der Waals surface area (Å²) in [5, 5.41) is 19.1. The van der Waals surface area contributed by atoms with Crippen LogP contribution in [0.1, 0.15) is 32.0 Å². The molecule has 1 aliphatic heterocycles. The molecule has 0 spiro atoms. The van der Waals surface area contributed by atoms with E-state index in [4.69, 9.17) is 0 Å². The molecule has 1 aromatic heterocycles. The molecule has 3 aromatic rings. The zero-order chi connectivity index (χ0) is 26.4. The molecule has 0 unspecified atom stereocenters. The van der Waals surface area contributed by atoms with E-state index < -0.39 is 18.6 Å². The molecule has 37 heavy (non-hydrogen) atoms. The normalized spacial score (nSPS) is 13.5. The lowest BCUT2D eigenvalue weighted by Gasteiger charge is -2.35. The highest BCUT2D eigenvalue weighted by atomic mass is 19.4. The number of piperazine rings is 1. The summed E-state index contributed by atoms with van der Waals surface area (Å²) < 4.78 is 36.8. The van der Waals surface area contributed by atoms with Gasteiger partial charge in [-0.15, -0.1) is 10.2 Å². The molecule has 8 nitrogen and oxygen atoms in total. The largest absolute Gasteiger partial charge is 0.508 e. The fourth-order valence-electron chi connectivity index (χ4n) is 3.70. The third-order valence-corrected chi connectivity index (χ3v) is 5.57. The minimum atomic E-state index is -4.51. The average Bonchev–Trinajstić information content (AvgIpc) is 2.90.